The first kappa shape index (κ1) is 11.1. The lowest BCUT2D eigenvalue weighted by atomic mass is 9.96. The second-order valence-corrected chi connectivity index (χ2v) is 4.60. The van der Waals surface area contributed by atoms with E-state index in [9.17, 15) is 4.79 Å². The molecule has 0 saturated heterocycles. The lowest BCUT2D eigenvalue weighted by Gasteiger charge is -2.22. The molecule has 1 unspecified atom stereocenters. The quantitative estimate of drug-likeness (QED) is 0.724. The predicted molar refractivity (Wildman–Crippen MR) is 58.2 cm³/mol. The molecule has 3 N–H and O–H groups in total. The summed E-state index contributed by atoms with van der Waals surface area (Å²) in [7, 11) is 1.84. The van der Waals surface area contributed by atoms with Gasteiger partial charge in [-0.25, -0.2) is 0 Å². The minimum atomic E-state index is -0.751. The molecule has 6 heteroatoms. The van der Waals surface area contributed by atoms with Crippen LogP contribution in [0.4, 0.5) is 0 Å². The first-order valence-electron chi connectivity index (χ1n) is 5.42. The molecule has 1 fully saturated rings. The van der Waals surface area contributed by atoms with Gasteiger partial charge in [0, 0.05) is 7.05 Å². The SMILES string of the molecule is Cn1cnnc1CNC(=O)C(C)(N)C1CC1. The summed E-state index contributed by atoms with van der Waals surface area (Å²) in [5, 5.41) is 10.4. The molecule has 1 heterocycles. The number of nitrogens with one attached hydrogen (secondary N) is 1. The molecule has 2 rings (SSSR count). The minimum Gasteiger partial charge on any atom is -0.347 e. The fourth-order valence-corrected chi connectivity index (χ4v) is 1.69. The highest BCUT2D eigenvalue weighted by Crippen LogP contribution is 2.38. The Bertz CT molecular complexity index is 394. The van der Waals surface area contributed by atoms with E-state index in [1.54, 1.807) is 17.8 Å². The Morgan fingerprint density at radius 2 is 2.44 bits per heavy atom. The van der Waals surface area contributed by atoms with E-state index in [0.717, 1.165) is 18.7 Å². The number of rotatable bonds is 4. The molecular weight excluding hydrogens is 206 g/mol. The highest BCUT2D eigenvalue weighted by Gasteiger charge is 2.43. The Kier molecular flexibility index (Phi) is 2.67. The van der Waals surface area contributed by atoms with Crippen molar-refractivity contribution in [2.24, 2.45) is 18.7 Å². The molecule has 0 spiro atoms. The summed E-state index contributed by atoms with van der Waals surface area (Å²) in [6.07, 6.45) is 3.69. The van der Waals surface area contributed by atoms with Gasteiger partial charge in [0.05, 0.1) is 12.1 Å². The van der Waals surface area contributed by atoms with E-state index < -0.39 is 5.54 Å². The van der Waals surface area contributed by atoms with Gasteiger partial charge in [0.25, 0.3) is 0 Å². The van der Waals surface area contributed by atoms with E-state index in [1.807, 2.05) is 7.05 Å². The van der Waals surface area contributed by atoms with Crippen LogP contribution in [0.5, 0.6) is 0 Å². The van der Waals surface area contributed by atoms with Crippen molar-refractivity contribution in [2.75, 3.05) is 0 Å². The number of hydrogen-bond acceptors (Lipinski definition) is 4. The molecule has 1 saturated carbocycles. The van der Waals surface area contributed by atoms with Crippen LogP contribution in [-0.4, -0.2) is 26.2 Å². The minimum absolute atomic E-state index is 0.113. The summed E-state index contributed by atoms with van der Waals surface area (Å²) in [5.74, 6) is 0.935. The summed E-state index contributed by atoms with van der Waals surface area (Å²) in [6.45, 7) is 2.16. The summed E-state index contributed by atoms with van der Waals surface area (Å²) in [5.41, 5.74) is 5.24. The summed E-state index contributed by atoms with van der Waals surface area (Å²) < 4.78 is 1.77. The molecule has 0 aromatic carbocycles. The zero-order chi connectivity index (χ0) is 11.8. The van der Waals surface area contributed by atoms with Crippen LogP contribution in [-0.2, 0) is 18.4 Å². The van der Waals surface area contributed by atoms with Gasteiger partial charge in [-0.1, -0.05) is 0 Å². The van der Waals surface area contributed by atoms with Gasteiger partial charge in [-0.05, 0) is 25.7 Å². The second-order valence-electron chi connectivity index (χ2n) is 4.60. The normalized spacial score (nSPS) is 19.2. The molecule has 0 bridgehead atoms. The molecule has 6 nitrogen and oxygen atoms in total. The Morgan fingerprint density at radius 1 is 1.75 bits per heavy atom. The zero-order valence-corrected chi connectivity index (χ0v) is 9.60. The smallest absolute Gasteiger partial charge is 0.240 e. The van der Waals surface area contributed by atoms with Gasteiger partial charge in [-0.15, -0.1) is 10.2 Å². The van der Waals surface area contributed by atoms with Gasteiger partial charge in [-0.3, -0.25) is 4.79 Å². The number of amides is 1. The monoisotopic (exact) mass is 223 g/mol. The van der Waals surface area contributed by atoms with Gasteiger partial charge >= 0.3 is 0 Å². The van der Waals surface area contributed by atoms with Crippen LogP contribution in [0.1, 0.15) is 25.6 Å². The Balaban J connectivity index is 1.91. The van der Waals surface area contributed by atoms with Gasteiger partial charge in [-0.2, -0.15) is 0 Å². The summed E-state index contributed by atoms with van der Waals surface area (Å²) >= 11 is 0. The molecule has 16 heavy (non-hydrogen) atoms. The molecule has 1 aliphatic rings. The van der Waals surface area contributed by atoms with Gasteiger partial charge < -0.3 is 15.6 Å². The molecule has 1 atom stereocenters. The highest BCUT2D eigenvalue weighted by molar-refractivity contribution is 5.86. The lowest BCUT2D eigenvalue weighted by Crippen LogP contribution is -2.53. The number of nitrogens with zero attached hydrogens (tertiary/aromatic N) is 3. The van der Waals surface area contributed by atoms with Crippen molar-refractivity contribution in [1.82, 2.24) is 20.1 Å². The van der Waals surface area contributed by atoms with E-state index in [-0.39, 0.29) is 5.91 Å². The molecular formula is C10H17N5O. The van der Waals surface area contributed by atoms with Crippen molar-refractivity contribution in [3.8, 4) is 0 Å². The number of nitrogens with two attached hydrogens (primary N) is 1. The molecule has 1 aromatic rings. The number of carbonyl (C=O) groups excluding carboxylic acids is 1. The fraction of sp³-hybridized carbons (Fsp3) is 0.700. The first-order chi connectivity index (χ1) is 7.51. The second kappa shape index (κ2) is 3.86. The summed E-state index contributed by atoms with van der Waals surface area (Å²) in [4.78, 5) is 11.9. The average molecular weight is 223 g/mol. The van der Waals surface area contributed by atoms with Crippen LogP contribution < -0.4 is 11.1 Å². The maximum atomic E-state index is 11.9. The largest absolute Gasteiger partial charge is 0.347 e. The highest BCUT2D eigenvalue weighted by atomic mass is 16.2. The van der Waals surface area contributed by atoms with Crippen molar-refractivity contribution in [3.63, 3.8) is 0 Å². The third-order valence-electron chi connectivity index (χ3n) is 3.13. The molecule has 1 aromatic heterocycles. The Morgan fingerprint density at radius 3 is 2.94 bits per heavy atom. The lowest BCUT2D eigenvalue weighted by molar-refractivity contribution is -0.126. The molecule has 1 aliphatic carbocycles. The Labute approximate surface area is 94.2 Å². The first-order valence-corrected chi connectivity index (χ1v) is 5.42. The summed E-state index contributed by atoms with van der Waals surface area (Å²) in [6, 6.07) is 0. The van der Waals surface area contributed by atoms with E-state index in [0.29, 0.717) is 12.5 Å². The number of carbonyl (C=O) groups is 1. The van der Waals surface area contributed by atoms with Crippen molar-refractivity contribution < 1.29 is 4.79 Å². The van der Waals surface area contributed by atoms with Gasteiger partial charge in [0.2, 0.25) is 5.91 Å². The van der Waals surface area contributed by atoms with E-state index in [1.165, 1.54) is 0 Å². The van der Waals surface area contributed by atoms with Crippen LogP contribution in [0.15, 0.2) is 6.33 Å². The number of hydrogen-bond donors (Lipinski definition) is 2. The van der Waals surface area contributed by atoms with Crippen molar-refractivity contribution in [2.45, 2.75) is 31.8 Å². The van der Waals surface area contributed by atoms with E-state index in [2.05, 4.69) is 15.5 Å². The maximum absolute atomic E-state index is 11.9. The van der Waals surface area contributed by atoms with Crippen molar-refractivity contribution in [3.05, 3.63) is 12.2 Å². The van der Waals surface area contributed by atoms with Crippen LogP contribution in [0.25, 0.3) is 0 Å². The van der Waals surface area contributed by atoms with Gasteiger partial charge in [0.15, 0.2) is 5.82 Å². The molecule has 0 aliphatic heterocycles. The van der Waals surface area contributed by atoms with Crippen LogP contribution in [0.3, 0.4) is 0 Å². The molecule has 1 amide bonds. The predicted octanol–water partition coefficient (Wildman–Crippen LogP) is -0.441. The van der Waals surface area contributed by atoms with Crippen molar-refractivity contribution in [1.29, 1.82) is 0 Å². The standard InChI is InChI=1S/C10H17N5O/c1-10(11,7-3-4-7)9(16)12-5-8-14-13-6-15(8)2/h6-7H,3-5,11H2,1-2H3,(H,12,16). The van der Waals surface area contributed by atoms with Gasteiger partial charge in [0.1, 0.15) is 6.33 Å². The third kappa shape index (κ3) is 2.06. The number of aryl methyl sites for hydroxylation is 1. The topological polar surface area (TPSA) is 85.8 Å². The molecule has 88 valence electrons. The van der Waals surface area contributed by atoms with Crippen LogP contribution in [0, 0.1) is 5.92 Å². The van der Waals surface area contributed by atoms with Crippen LogP contribution in [0.2, 0.25) is 0 Å². The van der Waals surface area contributed by atoms with Crippen molar-refractivity contribution >= 4 is 5.91 Å². The fourth-order valence-electron chi connectivity index (χ4n) is 1.69. The average Bonchev–Trinajstić information content (AvgIpc) is 3.01. The van der Waals surface area contributed by atoms with E-state index >= 15 is 0 Å². The van der Waals surface area contributed by atoms with E-state index in [4.69, 9.17) is 5.73 Å². The molecule has 0 radical (unpaired) electrons. The Hall–Kier alpha value is -1.43. The zero-order valence-electron chi connectivity index (χ0n) is 9.60. The van der Waals surface area contributed by atoms with Crippen LogP contribution >= 0.6 is 0 Å². The third-order valence-corrected chi connectivity index (χ3v) is 3.13. The maximum Gasteiger partial charge on any atom is 0.240 e. The number of aromatic nitrogens is 3.